The van der Waals surface area contributed by atoms with Crippen LogP contribution in [0.4, 0.5) is 0 Å². The second-order valence-electron chi connectivity index (χ2n) is 3.42. The minimum absolute atomic E-state index is 0.0602. The summed E-state index contributed by atoms with van der Waals surface area (Å²) in [5.74, 6) is 0.405. The SMILES string of the molecule is CC(CCN(C)C)C(N)CO. The molecule has 3 heteroatoms. The molecule has 3 nitrogen and oxygen atoms in total. The fourth-order valence-corrected chi connectivity index (χ4v) is 0.856. The van der Waals surface area contributed by atoms with Crippen molar-refractivity contribution in [3.63, 3.8) is 0 Å². The second kappa shape index (κ2) is 5.52. The fourth-order valence-electron chi connectivity index (χ4n) is 0.856. The Balaban J connectivity index is 3.43. The Morgan fingerprint density at radius 2 is 2.00 bits per heavy atom. The number of nitrogens with zero attached hydrogens (tertiary/aromatic N) is 1. The van der Waals surface area contributed by atoms with Crippen molar-refractivity contribution in [3.05, 3.63) is 0 Å². The second-order valence-corrected chi connectivity index (χ2v) is 3.42. The van der Waals surface area contributed by atoms with Crippen LogP contribution in [0.5, 0.6) is 0 Å². The van der Waals surface area contributed by atoms with Crippen molar-refractivity contribution in [2.75, 3.05) is 27.2 Å². The van der Waals surface area contributed by atoms with Gasteiger partial charge in [-0.1, -0.05) is 6.92 Å². The van der Waals surface area contributed by atoms with Gasteiger partial charge in [0.15, 0.2) is 0 Å². The maximum absolute atomic E-state index is 8.73. The molecule has 0 fully saturated rings. The largest absolute Gasteiger partial charge is 0.395 e. The van der Waals surface area contributed by atoms with Crippen LogP contribution < -0.4 is 5.73 Å². The summed E-state index contributed by atoms with van der Waals surface area (Å²) in [7, 11) is 4.08. The zero-order valence-corrected chi connectivity index (χ0v) is 7.75. The lowest BCUT2D eigenvalue weighted by atomic mass is 10.00. The number of rotatable bonds is 5. The van der Waals surface area contributed by atoms with Crippen molar-refractivity contribution in [2.45, 2.75) is 19.4 Å². The van der Waals surface area contributed by atoms with E-state index in [2.05, 4.69) is 11.8 Å². The van der Waals surface area contributed by atoms with Gasteiger partial charge in [0.2, 0.25) is 0 Å². The van der Waals surface area contributed by atoms with E-state index in [9.17, 15) is 0 Å². The van der Waals surface area contributed by atoms with Gasteiger partial charge in [0, 0.05) is 6.04 Å². The Labute approximate surface area is 69.2 Å². The van der Waals surface area contributed by atoms with E-state index in [0.29, 0.717) is 5.92 Å². The summed E-state index contributed by atoms with van der Waals surface area (Å²) >= 11 is 0. The van der Waals surface area contributed by atoms with E-state index in [4.69, 9.17) is 10.8 Å². The predicted octanol–water partition coefficient (Wildman–Crippen LogP) is -0.106. The van der Waals surface area contributed by atoms with Gasteiger partial charge in [-0.05, 0) is 33.0 Å². The number of hydrogen-bond acceptors (Lipinski definition) is 3. The van der Waals surface area contributed by atoms with E-state index in [1.165, 1.54) is 0 Å². The Morgan fingerprint density at radius 1 is 1.45 bits per heavy atom. The molecule has 0 aromatic carbocycles. The van der Waals surface area contributed by atoms with Gasteiger partial charge in [0.05, 0.1) is 6.61 Å². The number of aliphatic hydroxyl groups excluding tert-OH is 1. The molecule has 0 radical (unpaired) electrons. The highest BCUT2D eigenvalue weighted by Gasteiger charge is 2.10. The van der Waals surface area contributed by atoms with E-state index in [0.717, 1.165) is 13.0 Å². The summed E-state index contributed by atoms with van der Waals surface area (Å²) < 4.78 is 0. The first-order chi connectivity index (χ1) is 5.07. The molecular weight excluding hydrogens is 140 g/mol. The lowest BCUT2D eigenvalue weighted by Gasteiger charge is -2.19. The summed E-state index contributed by atoms with van der Waals surface area (Å²) in [6, 6.07) is -0.0602. The van der Waals surface area contributed by atoms with Crippen LogP contribution in [0.2, 0.25) is 0 Å². The smallest absolute Gasteiger partial charge is 0.0585 e. The van der Waals surface area contributed by atoms with Crippen molar-refractivity contribution < 1.29 is 5.11 Å². The van der Waals surface area contributed by atoms with Gasteiger partial charge in [-0.25, -0.2) is 0 Å². The summed E-state index contributed by atoms with van der Waals surface area (Å²) in [6.07, 6.45) is 1.05. The molecule has 11 heavy (non-hydrogen) atoms. The van der Waals surface area contributed by atoms with Crippen LogP contribution in [0.1, 0.15) is 13.3 Å². The Morgan fingerprint density at radius 3 is 2.36 bits per heavy atom. The van der Waals surface area contributed by atoms with Crippen LogP contribution in [-0.4, -0.2) is 43.3 Å². The maximum Gasteiger partial charge on any atom is 0.0585 e. The lowest BCUT2D eigenvalue weighted by molar-refractivity contribution is 0.219. The molecule has 68 valence electrons. The molecule has 0 rings (SSSR count). The highest BCUT2D eigenvalue weighted by atomic mass is 16.3. The van der Waals surface area contributed by atoms with Crippen LogP contribution in [0.15, 0.2) is 0 Å². The normalized spacial score (nSPS) is 16.9. The van der Waals surface area contributed by atoms with Crippen molar-refractivity contribution >= 4 is 0 Å². The zero-order valence-electron chi connectivity index (χ0n) is 7.75. The Hall–Kier alpha value is -0.120. The summed E-state index contributed by atoms with van der Waals surface area (Å²) in [5, 5.41) is 8.73. The maximum atomic E-state index is 8.73. The predicted molar refractivity (Wildman–Crippen MR) is 47.4 cm³/mol. The fraction of sp³-hybridized carbons (Fsp3) is 1.00. The molecule has 0 aliphatic heterocycles. The average Bonchev–Trinajstić information content (AvgIpc) is 1.98. The molecule has 0 aliphatic carbocycles. The molecule has 0 saturated carbocycles. The Bertz CT molecular complexity index is 96.1. The molecule has 0 aliphatic rings. The third-order valence-electron chi connectivity index (χ3n) is 1.97. The van der Waals surface area contributed by atoms with E-state index in [1.807, 2.05) is 14.1 Å². The van der Waals surface area contributed by atoms with E-state index in [-0.39, 0.29) is 12.6 Å². The van der Waals surface area contributed by atoms with Gasteiger partial charge < -0.3 is 15.7 Å². The first-order valence-corrected chi connectivity index (χ1v) is 4.09. The highest BCUT2D eigenvalue weighted by Crippen LogP contribution is 2.05. The molecule has 2 atom stereocenters. The van der Waals surface area contributed by atoms with Crippen molar-refractivity contribution in [1.29, 1.82) is 0 Å². The van der Waals surface area contributed by atoms with E-state index >= 15 is 0 Å². The number of nitrogens with two attached hydrogens (primary N) is 1. The topological polar surface area (TPSA) is 49.5 Å². The van der Waals surface area contributed by atoms with Gasteiger partial charge in [-0.2, -0.15) is 0 Å². The van der Waals surface area contributed by atoms with Gasteiger partial charge >= 0.3 is 0 Å². The van der Waals surface area contributed by atoms with Crippen LogP contribution in [-0.2, 0) is 0 Å². The third kappa shape index (κ3) is 5.18. The van der Waals surface area contributed by atoms with Crippen LogP contribution >= 0.6 is 0 Å². The molecule has 3 N–H and O–H groups in total. The van der Waals surface area contributed by atoms with Gasteiger partial charge in [0.25, 0.3) is 0 Å². The summed E-state index contributed by atoms with van der Waals surface area (Å²) in [6.45, 7) is 3.20. The average molecular weight is 160 g/mol. The molecule has 0 aromatic rings. The molecule has 0 aromatic heterocycles. The molecule has 2 unspecified atom stereocenters. The van der Waals surface area contributed by atoms with Gasteiger partial charge in [-0.15, -0.1) is 0 Å². The van der Waals surface area contributed by atoms with Crippen LogP contribution in [0.3, 0.4) is 0 Å². The summed E-state index contributed by atoms with van der Waals surface area (Å²) in [5.41, 5.74) is 5.63. The lowest BCUT2D eigenvalue weighted by Crippen LogP contribution is -2.33. The van der Waals surface area contributed by atoms with Crippen molar-refractivity contribution in [1.82, 2.24) is 4.90 Å². The minimum atomic E-state index is -0.0602. The molecule has 0 amide bonds. The Kier molecular flexibility index (Phi) is 5.46. The molecule has 0 bridgehead atoms. The molecule has 0 spiro atoms. The first-order valence-electron chi connectivity index (χ1n) is 4.09. The monoisotopic (exact) mass is 160 g/mol. The third-order valence-corrected chi connectivity index (χ3v) is 1.97. The zero-order chi connectivity index (χ0) is 8.85. The standard InChI is InChI=1S/C8H20N2O/c1-7(8(9)6-11)4-5-10(2)3/h7-8,11H,4-6,9H2,1-3H3. The number of aliphatic hydroxyl groups is 1. The van der Waals surface area contributed by atoms with Gasteiger partial charge in [0.1, 0.15) is 0 Å². The van der Waals surface area contributed by atoms with Crippen LogP contribution in [0, 0.1) is 5.92 Å². The van der Waals surface area contributed by atoms with E-state index in [1.54, 1.807) is 0 Å². The van der Waals surface area contributed by atoms with Crippen molar-refractivity contribution in [2.24, 2.45) is 11.7 Å². The molecule has 0 saturated heterocycles. The van der Waals surface area contributed by atoms with E-state index < -0.39 is 0 Å². The number of hydrogen-bond donors (Lipinski definition) is 2. The minimum Gasteiger partial charge on any atom is -0.395 e. The first kappa shape index (κ1) is 10.9. The quantitative estimate of drug-likeness (QED) is 0.590. The van der Waals surface area contributed by atoms with Gasteiger partial charge in [-0.3, -0.25) is 0 Å². The summed E-state index contributed by atoms with van der Waals surface area (Å²) in [4.78, 5) is 2.13. The van der Waals surface area contributed by atoms with Crippen molar-refractivity contribution in [3.8, 4) is 0 Å². The molecule has 0 heterocycles. The molecular formula is C8H20N2O. The van der Waals surface area contributed by atoms with Crippen LogP contribution in [0.25, 0.3) is 0 Å². The highest BCUT2D eigenvalue weighted by molar-refractivity contribution is 4.68.